The van der Waals surface area contributed by atoms with E-state index in [2.05, 4.69) is 8.92 Å². The number of esters is 1. The fourth-order valence-corrected chi connectivity index (χ4v) is 2.23. The summed E-state index contributed by atoms with van der Waals surface area (Å²) in [5, 5.41) is 0. The van der Waals surface area contributed by atoms with Gasteiger partial charge in [0, 0.05) is 0 Å². The van der Waals surface area contributed by atoms with Crippen LogP contribution in [-0.4, -0.2) is 40.1 Å². The van der Waals surface area contributed by atoms with Gasteiger partial charge in [-0.3, -0.25) is 4.18 Å². The molecule has 0 aliphatic rings. The van der Waals surface area contributed by atoms with Gasteiger partial charge >= 0.3 is 5.97 Å². The van der Waals surface area contributed by atoms with Crippen LogP contribution in [0.3, 0.4) is 0 Å². The maximum Gasteiger partial charge on any atom is 0.337 e. The van der Waals surface area contributed by atoms with Gasteiger partial charge in [0.15, 0.2) is 0 Å². The van der Waals surface area contributed by atoms with Gasteiger partial charge in [0.25, 0.3) is 10.1 Å². The van der Waals surface area contributed by atoms with E-state index in [4.69, 9.17) is 0 Å². The molecule has 110 valence electrons. The Morgan fingerprint density at radius 3 is 2.65 bits per heavy atom. The quantitative estimate of drug-likeness (QED) is 0.423. The highest BCUT2D eigenvalue weighted by atomic mass is 32.2. The number of carbonyl (C=O) groups is 2. The lowest BCUT2D eigenvalue weighted by Gasteiger charge is -2.10. The summed E-state index contributed by atoms with van der Waals surface area (Å²) in [5.74, 6) is -0.453. The predicted molar refractivity (Wildman–Crippen MR) is 71.9 cm³/mol. The zero-order valence-corrected chi connectivity index (χ0v) is 12.1. The fraction of sp³-hybridized carbons (Fsp3) is 0.385. The molecule has 6 nitrogen and oxygen atoms in total. The van der Waals surface area contributed by atoms with E-state index in [0.29, 0.717) is 18.3 Å². The molecule has 1 atom stereocenters. The molecular weight excluding hydrogens is 284 g/mol. The maximum atomic E-state index is 11.4. The minimum atomic E-state index is -3.67. The standard InChI is InChI=1S/C13H16O6S/c1-18-13(15)11-5-3-4-10(8-11)6-7-12(9-14)19-20(2,16)17/h3-5,8-9,12H,6-7H2,1-2H3. The lowest BCUT2D eigenvalue weighted by molar-refractivity contribution is -0.113. The molecule has 0 saturated carbocycles. The van der Waals surface area contributed by atoms with Gasteiger partial charge in [-0.2, -0.15) is 8.42 Å². The molecule has 0 amide bonds. The van der Waals surface area contributed by atoms with Gasteiger partial charge in [0.1, 0.15) is 12.4 Å². The molecule has 1 unspecified atom stereocenters. The number of aryl methyl sites for hydroxylation is 1. The van der Waals surface area contributed by atoms with Crippen LogP contribution in [0.15, 0.2) is 24.3 Å². The average molecular weight is 300 g/mol. The third-order valence-corrected chi connectivity index (χ3v) is 3.11. The molecule has 1 aromatic carbocycles. The molecule has 0 heterocycles. The Morgan fingerprint density at radius 2 is 2.10 bits per heavy atom. The third-order valence-electron chi connectivity index (χ3n) is 2.52. The molecule has 20 heavy (non-hydrogen) atoms. The lowest BCUT2D eigenvalue weighted by Crippen LogP contribution is -2.19. The van der Waals surface area contributed by atoms with Crippen LogP contribution in [0.5, 0.6) is 0 Å². The summed E-state index contributed by atoms with van der Waals surface area (Å²) in [7, 11) is -2.38. The first-order chi connectivity index (χ1) is 9.35. The number of aldehydes is 1. The van der Waals surface area contributed by atoms with E-state index in [1.54, 1.807) is 24.3 Å². The average Bonchev–Trinajstić information content (AvgIpc) is 2.41. The van der Waals surface area contributed by atoms with Crippen LogP contribution >= 0.6 is 0 Å². The van der Waals surface area contributed by atoms with Crippen molar-refractivity contribution in [1.82, 2.24) is 0 Å². The van der Waals surface area contributed by atoms with E-state index in [-0.39, 0.29) is 6.42 Å². The number of ether oxygens (including phenoxy) is 1. The molecule has 1 rings (SSSR count). The molecule has 0 radical (unpaired) electrons. The van der Waals surface area contributed by atoms with Gasteiger partial charge in [0.05, 0.1) is 18.9 Å². The van der Waals surface area contributed by atoms with Crippen molar-refractivity contribution in [3.05, 3.63) is 35.4 Å². The SMILES string of the molecule is COC(=O)c1cccc(CCC(C=O)OS(C)(=O)=O)c1. The normalized spacial score (nSPS) is 12.7. The van der Waals surface area contributed by atoms with Gasteiger partial charge in [-0.1, -0.05) is 12.1 Å². The Balaban J connectivity index is 2.69. The number of carbonyl (C=O) groups excluding carboxylic acids is 2. The Bertz CT molecular complexity index is 578. The smallest absolute Gasteiger partial charge is 0.337 e. The minimum Gasteiger partial charge on any atom is -0.465 e. The number of benzene rings is 1. The minimum absolute atomic E-state index is 0.210. The molecule has 0 aliphatic carbocycles. The first-order valence-corrected chi connectivity index (χ1v) is 7.68. The molecule has 0 aromatic heterocycles. The third kappa shape index (κ3) is 5.50. The second kappa shape index (κ2) is 7.16. The molecule has 0 aliphatic heterocycles. The Kier molecular flexibility index (Phi) is 5.84. The van der Waals surface area contributed by atoms with Crippen molar-refractivity contribution in [2.75, 3.05) is 13.4 Å². The Morgan fingerprint density at radius 1 is 1.40 bits per heavy atom. The van der Waals surface area contributed by atoms with E-state index in [0.717, 1.165) is 11.8 Å². The number of methoxy groups -OCH3 is 1. The van der Waals surface area contributed by atoms with Gasteiger partial charge in [-0.15, -0.1) is 0 Å². The lowest BCUT2D eigenvalue weighted by atomic mass is 10.0. The van der Waals surface area contributed by atoms with E-state index < -0.39 is 22.2 Å². The summed E-state index contributed by atoms with van der Waals surface area (Å²) in [6.45, 7) is 0. The van der Waals surface area contributed by atoms with E-state index in [1.807, 2.05) is 0 Å². The molecule has 1 aromatic rings. The number of hydrogen-bond donors (Lipinski definition) is 0. The summed E-state index contributed by atoms with van der Waals surface area (Å²) in [6.07, 6.45) is 0.934. The highest BCUT2D eigenvalue weighted by Crippen LogP contribution is 2.11. The molecule has 0 N–H and O–H groups in total. The molecule has 7 heteroatoms. The van der Waals surface area contributed by atoms with Crippen LogP contribution in [0, 0.1) is 0 Å². The largest absolute Gasteiger partial charge is 0.465 e. The van der Waals surface area contributed by atoms with Crippen molar-refractivity contribution < 1.29 is 26.9 Å². The molecule has 0 spiro atoms. The fourth-order valence-electron chi connectivity index (χ4n) is 1.64. The van der Waals surface area contributed by atoms with Crippen LogP contribution in [0.1, 0.15) is 22.3 Å². The highest BCUT2D eigenvalue weighted by Gasteiger charge is 2.15. The summed E-state index contributed by atoms with van der Waals surface area (Å²) in [6, 6.07) is 6.71. The van der Waals surface area contributed by atoms with Crippen LogP contribution in [0.2, 0.25) is 0 Å². The second-order valence-corrected chi connectivity index (χ2v) is 5.81. The summed E-state index contributed by atoms with van der Waals surface area (Å²) < 4.78 is 31.1. The van der Waals surface area contributed by atoms with Gasteiger partial charge in [-0.05, 0) is 30.5 Å². The Labute approximate surface area is 117 Å². The topological polar surface area (TPSA) is 86.7 Å². The van der Waals surface area contributed by atoms with Gasteiger partial charge < -0.3 is 9.53 Å². The predicted octanol–water partition coefficient (Wildman–Crippen LogP) is 0.949. The molecule has 0 saturated heterocycles. The number of hydrogen-bond acceptors (Lipinski definition) is 6. The van der Waals surface area contributed by atoms with Crippen molar-refractivity contribution >= 4 is 22.4 Å². The van der Waals surface area contributed by atoms with Crippen molar-refractivity contribution in [2.24, 2.45) is 0 Å². The molecule has 0 fully saturated rings. The van der Waals surface area contributed by atoms with Crippen molar-refractivity contribution in [1.29, 1.82) is 0 Å². The van der Waals surface area contributed by atoms with E-state index in [1.165, 1.54) is 7.11 Å². The second-order valence-electron chi connectivity index (χ2n) is 4.21. The van der Waals surface area contributed by atoms with Crippen LogP contribution in [0.4, 0.5) is 0 Å². The first kappa shape index (κ1) is 16.3. The van der Waals surface area contributed by atoms with Gasteiger partial charge in [-0.25, -0.2) is 4.79 Å². The van der Waals surface area contributed by atoms with Crippen LogP contribution in [0.25, 0.3) is 0 Å². The summed E-state index contributed by atoms with van der Waals surface area (Å²) in [4.78, 5) is 22.1. The maximum absolute atomic E-state index is 11.4. The highest BCUT2D eigenvalue weighted by molar-refractivity contribution is 7.86. The zero-order chi connectivity index (χ0) is 15.2. The Hall–Kier alpha value is -1.73. The van der Waals surface area contributed by atoms with Crippen LogP contribution in [-0.2, 0) is 30.3 Å². The molecular formula is C13H16O6S. The van der Waals surface area contributed by atoms with Gasteiger partial charge in [0.2, 0.25) is 0 Å². The van der Waals surface area contributed by atoms with Crippen molar-refractivity contribution in [2.45, 2.75) is 18.9 Å². The van der Waals surface area contributed by atoms with E-state index >= 15 is 0 Å². The molecule has 0 bridgehead atoms. The van der Waals surface area contributed by atoms with Crippen LogP contribution < -0.4 is 0 Å². The van der Waals surface area contributed by atoms with Crippen molar-refractivity contribution in [3.63, 3.8) is 0 Å². The summed E-state index contributed by atoms with van der Waals surface area (Å²) in [5.41, 5.74) is 1.19. The first-order valence-electron chi connectivity index (χ1n) is 5.86. The summed E-state index contributed by atoms with van der Waals surface area (Å²) >= 11 is 0. The zero-order valence-electron chi connectivity index (χ0n) is 11.2. The van der Waals surface area contributed by atoms with E-state index in [9.17, 15) is 18.0 Å². The van der Waals surface area contributed by atoms with Crippen molar-refractivity contribution in [3.8, 4) is 0 Å². The monoisotopic (exact) mass is 300 g/mol. The number of rotatable bonds is 7.